The first-order chi connectivity index (χ1) is 5.58. The Balaban J connectivity index is 0.00000144. The molecule has 13 heavy (non-hydrogen) atoms. The molecular formula is C6H9NNaO4P. The van der Waals surface area contributed by atoms with E-state index in [0.717, 1.165) is 0 Å². The first kappa shape index (κ1) is 13.3. The quantitative estimate of drug-likeness (QED) is 0.547. The van der Waals surface area contributed by atoms with E-state index in [-0.39, 0.29) is 36.2 Å². The van der Waals surface area contributed by atoms with Crippen molar-refractivity contribution in [3.8, 4) is 0 Å². The van der Waals surface area contributed by atoms with E-state index in [4.69, 9.17) is 9.79 Å². The van der Waals surface area contributed by atoms with Gasteiger partial charge in [-0.15, -0.1) is 0 Å². The van der Waals surface area contributed by atoms with E-state index in [2.05, 4.69) is 9.51 Å². The molecule has 1 rings (SSSR count). The molecule has 7 heteroatoms. The summed E-state index contributed by atoms with van der Waals surface area (Å²) in [6.07, 6.45) is 3.05. The zero-order chi connectivity index (χ0) is 9.03. The molecule has 0 radical (unpaired) electrons. The third-order valence-corrected chi connectivity index (χ3v) is 1.59. The Hall–Kier alpha value is 0.260. The summed E-state index contributed by atoms with van der Waals surface area (Å²) in [5, 5.41) is 0. The van der Waals surface area contributed by atoms with E-state index in [1.54, 1.807) is 18.3 Å². The summed E-state index contributed by atoms with van der Waals surface area (Å²) in [4.78, 5) is 20.4. The maximum atomic E-state index is 10.3. The Morgan fingerprint density at radius 3 is 2.69 bits per heavy atom. The van der Waals surface area contributed by atoms with Gasteiger partial charge in [-0.1, -0.05) is 6.07 Å². The summed E-state index contributed by atoms with van der Waals surface area (Å²) in [5.41, 5.74) is 0.626. The average Bonchev–Trinajstić information content (AvgIpc) is 2.02. The van der Waals surface area contributed by atoms with Crippen LogP contribution in [0.5, 0.6) is 0 Å². The third kappa shape index (κ3) is 6.35. The molecule has 0 saturated carbocycles. The monoisotopic (exact) mass is 213 g/mol. The van der Waals surface area contributed by atoms with Gasteiger partial charge in [0.2, 0.25) is 0 Å². The van der Waals surface area contributed by atoms with Crippen LogP contribution in [0.15, 0.2) is 24.5 Å². The Labute approximate surface area is 97.7 Å². The van der Waals surface area contributed by atoms with Gasteiger partial charge in [0.05, 0.1) is 6.61 Å². The van der Waals surface area contributed by atoms with Gasteiger partial charge in [0, 0.05) is 12.4 Å². The molecule has 0 aliphatic heterocycles. The minimum atomic E-state index is -4.36. The molecule has 0 unspecified atom stereocenters. The molecule has 0 fully saturated rings. The van der Waals surface area contributed by atoms with E-state index in [9.17, 15) is 4.57 Å². The van der Waals surface area contributed by atoms with Crippen molar-refractivity contribution >= 4 is 37.4 Å². The molecule has 1 aromatic heterocycles. The predicted molar refractivity (Wildman–Crippen MR) is 48.2 cm³/mol. The minimum absolute atomic E-state index is 0. The molecule has 0 amide bonds. The Morgan fingerprint density at radius 2 is 2.23 bits per heavy atom. The van der Waals surface area contributed by atoms with Crippen molar-refractivity contribution in [2.24, 2.45) is 0 Å². The van der Waals surface area contributed by atoms with E-state index in [1.165, 1.54) is 6.20 Å². The van der Waals surface area contributed by atoms with E-state index in [1.807, 2.05) is 0 Å². The van der Waals surface area contributed by atoms with Crippen molar-refractivity contribution in [2.75, 3.05) is 0 Å². The van der Waals surface area contributed by atoms with Crippen LogP contribution in [-0.4, -0.2) is 44.3 Å². The standard InChI is InChI=1S/C6H8NO4P.Na.H/c8-12(9,10)11-5-6-2-1-3-7-4-6;;/h1-4H,5H2,(H2,8,9,10);;. The molecule has 1 aromatic rings. The number of phosphoric ester groups is 1. The van der Waals surface area contributed by atoms with Crippen LogP contribution < -0.4 is 0 Å². The van der Waals surface area contributed by atoms with Crippen LogP contribution in [0.2, 0.25) is 0 Å². The fourth-order valence-corrected chi connectivity index (χ4v) is 0.959. The molecule has 0 aromatic carbocycles. The van der Waals surface area contributed by atoms with Gasteiger partial charge >= 0.3 is 37.4 Å². The maximum absolute atomic E-state index is 10.3. The van der Waals surface area contributed by atoms with Crippen LogP contribution in [0.4, 0.5) is 0 Å². The molecule has 0 atom stereocenters. The second-order valence-corrected chi connectivity index (χ2v) is 3.36. The van der Waals surface area contributed by atoms with Gasteiger partial charge in [0.25, 0.3) is 0 Å². The molecule has 0 bridgehead atoms. The second kappa shape index (κ2) is 5.88. The van der Waals surface area contributed by atoms with Crippen molar-refractivity contribution in [1.82, 2.24) is 4.98 Å². The third-order valence-electron chi connectivity index (χ3n) is 1.12. The first-order valence-corrected chi connectivity index (χ1v) is 4.70. The number of rotatable bonds is 3. The van der Waals surface area contributed by atoms with Crippen LogP contribution in [0.3, 0.4) is 0 Å². The number of pyridine rings is 1. The van der Waals surface area contributed by atoms with Gasteiger partial charge in [-0.05, 0) is 11.6 Å². The molecule has 0 aliphatic carbocycles. The van der Waals surface area contributed by atoms with Crippen molar-refractivity contribution in [3.05, 3.63) is 30.1 Å². The van der Waals surface area contributed by atoms with Gasteiger partial charge in [0.15, 0.2) is 0 Å². The van der Waals surface area contributed by atoms with Crippen molar-refractivity contribution in [1.29, 1.82) is 0 Å². The predicted octanol–water partition coefficient (Wildman–Crippen LogP) is 0.0424. The molecule has 0 aliphatic rings. The Morgan fingerprint density at radius 1 is 1.54 bits per heavy atom. The molecule has 1 heterocycles. The van der Waals surface area contributed by atoms with Crippen molar-refractivity contribution in [3.63, 3.8) is 0 Å². The fraction of sp³-hybridized carbons (Fsp3) is 0.167. The summed E-state index contributed by atoms with van der Waals surface area (Å²) in [6.45, 7) is -0.127. The van der Waals surface area contributed by atoms with E-state index < -0.39 is 7.82 Å². The Kier molecular flexibility index (Phi) is 6.00. The van der Waals surface area contributed by atoms with Gasteiger partial charge in [-0.2, -0.15) is 0 Å². The van der Waals surface area contributed by atoms with Gasteiger partial charge in [0.1, 0.15) is 0 Å². The van der Waals surface area contributed by atoms with Crippen LogP contribution in [0, 0.1) is 0 Å². The van der Waals surface area contributed by atoms with Crippen LogP contribution in [-0.2, 0) is 15.7 Å². The van der Waals surface area contributed by atoms with Crippen LogP contribution >= 0.6 is 7.82 Å². The zero-order valence-corrected chi connectivity index (χ0v) is 7.02. The van der Waals surface area contributed by atoms with Gasteiger partial charge in [-0.3, -0.25) is 9.51 Å². The topological polar surface area (TPSA) is 79.7 Å². The normalized spacial score (nSPS) is 10.6. The molecule has 0 saturated heterocycles. The zero-order valence-electron chi connectivity index (χ0n) is 6.12. The number of aromatic nitrogens is 1. The summed E-state index contributed by atoms with van der Waals surface area (Å²) < 4.78 is 14.5. The van der Waals surface area contributed by atoms with E-state index >= 15 is 0 Å². The Bertz CT molecular complexity index is 288. The van der Waals surface area contributed by atoms with E-state index in [0.29, 0.717) is 5.56 Å². The first-order valence-electron chi connectivity index (χ1n) is 3.17. The fourth-order valence-electron chi connectivity index (χ4n) is 0.642. The number of hydrogen-bond donors (Lipinski definition) is 2. The molecule has 2 N–H and O–H groups in total. The van der Waals surface area contributed by atoms with Gasteiger partial charge in [-0.25, -0.2) is 4.57 Å². The molecule has 0 spiro atoms. The summed E-state index contributed by atoms with van der Waals surface area (Å²) >= 11 is 0. The SMILES string of the molecule is O=P(O)(O)OCc1cccnc1.[NaH]. The number of hydrogen-bond acceptors (Lipinski definition) is 3. The number of nitrogens with zero attached hydrogens (tertiary/aromatic N) is 1. The summed E-state index contributed by atoms with van der Waals surface area (Å²) in [5.74, 6) is 0. The molecular weight excluding hydrogens is 204 g/mol. The van der Waals surface area contributed by atoms with Crippen LogP contribution in [0.25, 0.3) is 0 Å². The second-order valence-electron chi connectivity index (χ2n) is 2.13. The van der Waals surface area contributed by atoms with Crippen molar-refractivity contribution < 1.29 is 18.9 Å². The molecule has 68 valence electrons. The summed E-state index contributed by atoms with van der Waals surface area (Å²) in [6, 6.07) is 3.33. The van der Waals surface area contributed by atoms with Gasteiger partial charge < -0.3 is 9.79 Å². The summed E-state index contributed by atoms with van der Waals surface area (Å²) in [7, 11) is -4.36. The number of phosphoric acid groups is 1. The average molecular weight is 213 g/mol. The molecule has 5 nitrogen and oxygen atoms in total. The van der Waals surface area contributed by atoms with Crippen molar-refractivity contribution in [2.45, 2.75) is 6.61 Å². The van der Waals surface area contributed by atoms with Crippen LogP contribution in [0.1, 0.15) is 5.56 Å².